The van der Waals surface area contributed by atoms with E-state index in [2.05, 4.69) is 49.6 Å². The molecule has 0 heteroatoms. The molecule has 0 fully saturated rings. The molecule has 0 radical (unpaired) electrons. The lowest BCUT2D eigenvalue weighted by atomic mass is 9.80. The largest absolute Gasteiger partial charge is 0.0952 e. The van der Waals surface area contributed by atoms with E-state index in [1.165, 1.54) is 39.0 Å². The summed E-state index contributed by atoms with van der Waals surface area (Å²) < 4.78 is 0. The molecule has 0 spiro atoms. The van der Waals surface area contributed by atoms with Gasteiger partial charge in [0.05, 0.1) is 0 Å². The van der Waals surface area contributed by atoms with E-state index in [0.717, 1.165) is 18.4 Å². The maximum absolute atomic E-state index is 4.14. The van der Waals surface area contributed by atoms with Crippen molar-refractivity contribution in [2.45, 2.75) is 12.8 Å². The Morgan fingerprint density at radius 3 is 1.83 bits per heavy atom. The first-order valence-corrected chi connectivity index (χ1v) is 6.40. The molecule has 0 unspecified atom stereocenters. The molecule has 86 valence electrons. The molecule has 4 rings (SSSR count). The van der Waals surface area contributed by atoms with Crippen molar-refractivity contribution in [3.05, 3.63) is 94.2 Å². The molecule has 0 aromatic carbocycles. The van der Waals surface area contributed by atoms with Crippen molar-refractivity contribution in [3.63, 3.8) is 0 Å². The Morgan fingerprint density at radius 2 is 1.22 bits per heavy atom. The van der Waals surface area contributed by atoms with Crippen molar-refractivity contribution in [2.24, 2.45) is 0 Å². The van der Waals surface area contributed by atoms with Gasteiger partial charge in [0.2, 0.25) is 0 Å². The first-order valence-electron chi connectivity index (χ1n) is 6.40. The standard InChI is InChI=1S/C18H14/c1-11-3-5-13(11)16-9-10-18(16)17-8-7-14-12(2)4-6-15(14)17/h3,5,7-10H,1-2,4,6H2/b16-13-,18-17-. The minimum absolute atomic E-state index is 1.12. The molecule has 0 N–H and O–H groups in total. The van der Waals surface area contributed by atoms with Gasteiger partial charge in [-0.1, -0.05) is 49.6 Å². The third kappa shape index (κ3) is 1.10. The zero-order chi connectivity index (χ0) is 12.3. The molecule has 0 aliphatic heterocycles. The van der Waals surface area contributed by atoms with Crippen LogP contribution < -0.4 is 0 Å². The molecule has 0 bridgehead atoms. The summed E-state index contributed by atoms with van der Waals surface area (Å²) in [7, 11) is 0. The average Bonchev–Trinajstić information content (AvgIpc) is 2.88. The van der Waals surface area contributed by atoms with Crippen LogP contribution in [0.3, 0.4) is 0 Å². The summed E-state index contributed by atoms with van der Waals surface area (Å²) in [5.41, 5.74) is 10.8. The fraction of sp³-hybridized carbons (Fsp3) is 0.111. The molecule has 0 heterocycles. The first kappa shape index (κ1) is 9.90. The van der Waals surface area contributed by atoms with Crippen molar-refractivity contribution in [1.82, 2.24) is 0 Å². The molecule has 0 aromatic heterocycles. The summed E-state index contributed by atoms with van der Waals surface area (Å²) in [6.07, 6.45) is 15.4. The smallest absolute Gasteiger partial charge is 0.00993 e. The molecule has 18 heavy (non-hydrogen) atoms. The number of rotatable bonds is 0. The highest BCUT2D eigenvalue weighted by Gasteiger charge is 2.27. The lowest BCUT2D eigenvalue weighted by molar-refractivity contribution is 1.02. The predicted molar refractivity (Wildman–Crippen MR) is 76.0 cm³/mol. The van der Waals surface area contributed by atoms with Crippen LogP contribution in [0.15, 0.2) is 94.2 Å². The zero-order valence-electron chi connectivity index (χ0n) is 10.3. The van der Waals surface area contributed by atoms with E-state index in [1.54, 1.807) is 0 Å². The quantitative estimate of drug-likeness (QED) is 0.575. The van der Waals surface area contributed by atoms with Crippen molar-refractivity contribution in [2.75, 3.05) is 0 Å². The monoisotopic (exact) mass is 230 g/mol. The molecular weight excluding hydrogens is 216 g/mol. The second-order valence-electron chi connectivity index (χ2n) is 5.18. The van der Waals surface area contributed by atoms with Crippen LogP contribution in [-0.2, 0) is 0 Å². The summed E-state index contributed by atoms with van der Waals surface area (Å²) in [5, 5.41) is 0. The van der Waals surface area contributed by atoms with E-state index < -0.39 is 0 Å². The highest BCUT2D eigenvalue weighted by molar-refractivity contribution is 5.76. The highest BCUT2D eigenvalue weighted by atomic mass is 14.3. The number of hydrogen-bond donors (Lipinski definition) is 0. The second kappa shape index (κ2) is 3.23. The van der Waals surface area contributed by atoms with Gasteiger partial charge in [-0.3, -0.25) is 0 Å². The molecule has 0 saturated heterocycles. The van der Waals surface area contributed by atoms with Gasteiger partial charge in [0.1, 0.15) is 0 Å². The van der Waals surface area contributed by atoms with Crippen LogP contribution in [0.1, 0.15) is 12.8 Å². The Kier molecular flexibility index (Phi) is 1.78. The van der Waals surface area contributed by atoms with Crippen LogP contribution in [0.4, 0.5) is 0 Å². The topological polar surface area (TPSA) is 0 Å². The molecule has 0 nitrogen and oxygen atoms in total. The lowest BCUT2D eigenvalue weighted by Gasteiger charge is -2.24. The Hall–Kier alpha value is -2.08. The van der Waals surface area contributed by atoms with Gasteiger partial charge in [-0.2, -0.15) is 0 Å². The third-order valence-electron chi connectivity index (χ3n) is 4.21. The van der Waals surface area contributed by atoms with E-state index in [4.69, 9.17) is 0 Å². The molecule has 0 saturated carbocycles. The van der Waals surface area contributed by atoms with Gasteiger partial charge in [-0.15, -0.1) is 0 Å². The van der Waals surface area contributed by atoms with E-state index in [9.17, 15) is 0 Å². The summed E-state index contributed by atoms with van der Waals surface area (Å²) in [4.78, 5) is 0. The van der Waals surface area contributed by atoms with Crippen LogP contribution in [0.25, 0.3) is 0 Å². The maximum Gasteiger partial charge on any atom is -0.00993 e. The van der Waals surface area contributed by atoms with Crippen LogP contribution in [0.5, 0.6) is 0 Å². The lowest BCUT2D eigenvalue weighted by Crippen LogP contribution is -2.06. The Balaban J connectivity index is 1.87. The van der Waals surface area contributed by atoms with Crippen LogP contribution in [0, 0.1) is 0 Å². The van der Waals surface area contributed by atoms with Gasteiger partial charge in [-0.25, -0.2) is 0 Å². The fourth-order valence-electron chi connectivity index (χ4n) is 3.04. The van der Waals surface area contributed by atoms with Crippen molar-refractivity contribution < 1.29 is 0 Å². The van der Waals surface area contributed by atoms with Gasteiger partial charge in [0, 0.05) is 0 Å². The van der Waals surface area contributed by atoms with Gasteiger partial charge in [0.15, 0.2) is 0 Å². The first-order chi connectivity index (χ1) is 8.75. The van der Waals surface area contributed by atoms with Crippen LogP contribution in [-0.4, -0.2) is 0 Å². The maximum atomic E-state index is 4.14. The Bertz CT molecular complexity index is 694. The predicted octanol–water partition coefficient (Wildman–Crippen LogP) is 4.49. The molecule has 0 aromatic rings. The molecule has 4 aliphatic carbocycles. The SMILES string of the molecule is C=C1CCC2=C1C=C/C2=C1C=CC\1=C1/C=CC1=C. The third-order valence-corrected chi connectivity index (χ3v) is 4.21. The average molecular weight is 230 g/mol. The van der Waals surface area contributed by atoms with Crippen LogP contribution in [0.2, 0.25) is 0 Å². The van der Waals surface area contributed by atoms with Crippen molar-refractivity contribution in [1.29, 1.82) is 0 Å². The summed E-state index contributed by atoms with van der Waals surface area (Å²) in [5.74, 6) is 0. The molecular formula is C18H14. The van der Waals surface area contributed by atoms with E-state index in [-0.39, 0.29) is 0 Å². The van der Waals surface area contributed by atoms with Crippen LogP contribution >= 0.6 is 0 Å². The fourth-order valence-corrected chi connectivity index (χ4v) is 3.04. The Morgan fingerprint density at radius 1 is 0.611 bits per heavy atom. The van der Waals surface area contributed by atoms with Gasteiger partial charge in [0.25, 0.3) is 0 Å². The normalized spacial score (nSPS) is 32.2. The van der Waals surface area contributed by atoms with E-state index in [1.807, 2.05) is 0 Å². The number of allylic oxidation sites excluding steroid dienone is 14. The summed E-state index contributed by atoms with van der Waals surface area (Å²) in [6.45, 7) is 8.18. The summed E-state index contributed by atoms with van der Waals surface area (Å²) in [6, 6.07) is 0. The minimum atomic E-state index is 1.12. The van der Waals surface area contributed by atoms with Crippen molar-refractivity contribution >= 4 is 0 Å². The number of hydrogen-bond acceptors (Lipinski definition) is 0. The molecule has 0 amide bonds. The second-order valence-corrected chi connectivity index (χ2v) is 5.18. The van der Waals surface area contributed by atoms with Gasteiger partial charge in [-0.05, 0) is 57.4 Å². The summed E-state index contributed by atoms with van der Waals surface area (Å²) >= 11 is 0. The Labute approximate surface area is 107 Å². The minimum Gasteiger partial charge on any atom is -0.0952 e. The van der Waals surface area contributed by atoms with Gasteiger partial charge < -0.3 is 0 Å². The van der Waals surface area contributed by atoms with E-state index >= 15 is 0 Å². The van der Waals surface area contributed by atoms with Crippen molar-refractivity contribution in [3.8, 4) is 0 Å². The molecule has 0 atom stereocenters. The molecule has 4 aliphatic rings. The van der Waals surface area contributed by atoms with E-state index in [0.29, 0.717) is 0 Å². The highest BCUT2D eigenvalue weighted by Crippen LogP contribution is 2.46. The van der Waals surface area contributed by atoms with Gasteiger partial charge >= 0.3 is 0 Å². The zero-order valence-corrected chi connectivity index (χ0v) is 10.3.